The molecule has 6 heteroatoms. The summed E-state index contributed by atoms with van der Waals surface area (Å²) >= 11 is 1.72. The Labute approximate surface area is 111 Å². The van der Waals surface area contributed by atoms with Crippen molar-refractivity contribution in [2.24, 2.45) is 11.1 Å². The lowest BCUT2D eigenvalue weighted by Gasteiger charge is -2.46. The number of rotatable bonds is 4. The highest BCUT2D eigenvalue weighted by atomic mass is 32.2. The van der Waals surface area contributed by atoms with Crippen molar-refractivity contribution in [1.82, 2.24) is 4.90 Å². The minimum absolute atomic E-state index is 0.0411. The van der Waals surface area contributed by atoms with Crippen LogP contribution in [0.4, 0.5) is 0 Å². The van der Waals surface area contributed by atoms with Gasteiger partial charge in [0.05, 0.1) is 17.9 Å². The molecule has 1 heterocycles. The second kappa shape index (κ2) is 5.48. The highest BCUT2D eigenvalue weighted by molar-refractivity contribution is 7.99. The van der Waals surface area contributed by atoms with Crippen LogP contribution in [0.5, 0.6) is 0 Å². The molecule has 0 aromatic rings. The molecule has 1 saturated carbocycles. The number of nitrogens with zero attached hydrogens (tertiary/aromatic N) is 1. The van der Waals surface area contributed by atoms with Crippen LogP contribution in [0.2, 0.25) is 0 Å². The topological polar surface area (TPSA) is 83.6 Å². The van der Waals surface area contributed by atoms with Gasteiger partial charge in [-0.2, -0.15) is 11.8 Å². The van der Waals surface area contributed by atoms with Gasteiger partial charge in [0, 0.05) is 24.6 Å². The molecule has 0 aromatic carbocycles. The first-order valence-electron chi connectivity index (χ1n) is 6.40. The lowest BCUT2D eigenvalue weighted by molar-refractivity contribution is -0.150. The van der Waals surface area contributed by atoms with Crippen LogP contribution in [0.25, 0.3) is 0 Å². The van der Waals surface area contributed by atoms with E-state index in [0.29, 0.717) is 13.1 Å². The summed E-state index contributed by atoms with van der Waals surface area (Å²) in [6.45, 7) is 1.04. The monoisotopic (exact) mass is 272 g/mol. The summed E-state index contributed by atoms with van der Waals surface area (Å²) in [7, 11) is 0. The van der Waals surface area contributed by atoms with Gasteiger partial charge >= 0.3 is 5.97 Å². The Balaban J connectivity index is 2.08. The van der Waals surface area contributed by atoms with Gasteiger partial charge in [-0.25, -0.2) is 0 Å². The Bertz CT molecular complexity index is 339. The van der Waals surface area contributed by atoms with E-state index in [1.807, 2.05) is 0 Å². The van der Waals surface area contributed by atoms with Gasteiger partial charge in [-0.1, -0.05) is 6.42 Å². The van der Waals surface area contributed by atoms with E-state index in [0.717, 1.165) is 30.8 Å². The summed E-state index contributed by atoms with van der Waals surface area (Å²) in [5.41, 5.74) is 5.36. The number of carbonyl (C=O) groups is 2. The van der Waals surface area contributed by atoms with Crippen LogP contribution >= 0.6 is 11.8 Å². The molecule has 1 aliphatic carbocycles. The molecular weight excluding hydrogens is 252 g/mol. The van der Waals surface area contributed by atoms with Gasteiger partial charge in [-0.3, -0.25) is 9.59 Å². The molecule has 1 unspecified atom stereocenters. The second-order valence-corrected chi connectivity index (χ2v) is 6.31. The second-order valence-electron chi connectivity index (χ2n) is 5.16. The Morgan fingerprint density at radius 3 is 2.67 bits per heavy atom. The molecule has 102 valence electrons. The van der Waals surface area contributed by atoms with E-state index in [2.05, 4.69) is 0 Å². The number of amides is 1. The van der Waals surface area contributed by atoms with Crippen molar-refractivity contribution < 1.29 is 14.7 Å². The molecule has 3 N–H and O–H groups in total. The fraction of sp³-hybridized carbons (Fsp3) is 0.833. The van der Waals surface area contributed by atoms with E-state index in [1.165, 1.54) is 0 Å². The number of carbonyl (C=O) groups excluding carboxylic acids is 1. The maximum Gasteiger partial charge on any atom is 0.305 e. The number of carboxylic acids is 1. The Morgan fingerprint density at radius 1 is 1.44 bits per heavy atom. The average Bonchev–Trinajstić information content (AvgIpc) is 2.28. The lowest BCUT2D eigenvalue weighted by atomic mass is 9.67. The fourth-order valence-corrected chi connectivity index (χ4v) is 3.77. The van der Waals surface area contributed by atoms with E-state index in [9.17, 15) is 9.59 Å². The predicted molar refractivity (Wildman–Crippen MR) is 70.4 cm³/mol. The van der Waals surface area contributed by atoms with Crippen molar-refractivity contribution in [3.05, 3.63) is 0 Å². The predicted octanol–water partition coefficient (Wildman–Crippen LogP) is 0.534. The largest absolute Gasteiger partial charge is 0.481 e. The Kier molecular flexibility index (Phi) is 4.17. The first kappa shape index (κ1) is 13.7. The molecule has 18 heavy (non-hydrogen) atoms. The third kappa shape index (κ3) is 2.49. The molecule has 2 rings (SSSR count). The third-order valence-electron chi connectivity index (χ3n) is 4.05. The summed E-state index contributed by atoms with van der Waals surface area (Å²) < 4.78 is 0. The molecule has 0 spiro atoms. The molecule has 5 nitrogen and oxygen atoms in total. The van der Waals surface area contributed by atoms with Crippen LogP contribution in [-0.4, -0.2) is 52.5 Å². The summed E-state index contributed by atoms with van der Waals surface area (Å²) in [6, 6.07) is -0.169. The molecule has 1 aliphatic heterocycles. The normalized spacial score (nSPS) is 26.5. The number of hydrogen-bond acceptors (Lipinski definition) is 4. The molecular formula is C12H20N2O3S. The molecule has 1 saturated heterocycles. The maximum absolute atomic E-state index is 12.6. The van der Waals surface area contributed by atoms with Gasteiger partial charge in [-0.15, -0.1) is 0 Å². The van der Waals surface area contributed by atoms with Crippen molar-refractivity contribution in [3.63, 3.8) is 0 Å². The first-order chi connectivity index (χ1) is 8.59. The number of hydrogen-bond donors (Lipinski definition) is 2. The molecule has 0 bridgehead atoms. The standard InChI is InChI=1S/C12H20N2O3S/c13-8-12(2-1-3-12)11(17)14-4-5-18-7-9(14)6-10(15)16/h9H,1-8,13H2,(H,15,16). The van der Waals surface area contributed by atoms with E-state index >= 15 is 0 Å². The number of thioether (sulfide) groups is 1. The molecule has 0 aromatic heterocycles. The van der Waals surface area contributed by atoms with E-state index in [-0.39, 0.29) is 18.4 Å². The van der Waals surface area contributed by atoms with Crippen LogP contribution < -0.4 is 5.73 Å². The van der Waals surface area contributed by atoms with Crippen molar-refractivity contribution in [2.75, 3.05) is 24.6 Å². The molecule has 0 radical (unpaired) electrons. The molecule has 1 amide bonds. The van der Waals surface area contributed by atoms with Crippen molar-refractivity contribution in [1.29, 1.82) is 0 Å². The van der Waals surface area contributed by atoms with Gasteiger partial charge in [0.1, 0.15) is 0 Å². The van der Waals surface area contributed by atoms with E-state index in [4.69, 9.17) is 10.8 Å². The van der Waals surface area contributed by atoms with Crippen molar-refractivity contribution in [2.45, 2.75) is 31.7 Å². The SMILES string of the molecule is NCC1(C(=O)N2CCSCC2CC(=O)O)CCC1. The van der Waals surface area contributed by atoms with Gasteiger partial charge in [0.15, 0.2) is 0 Å². The Morgan fingerprint density at radius 2 is 2.17 bits per heavy atom. The summed E-state index contributed by atoms with van der Waals surface area (Å²) in [5.74, 6) is 0.861. The van der Waals surface area contributed by atoms with E-state index in [1.54, 1.807) is 16.7 Å². The van der Waals surface area contributed by atoms with Gasteiger partial charge in [0.25, 0.3) is 0 Å². The summed E-state index contributed by atoms with van der Waals surface area (Å²) in [4.78, 5) is 25.2. The van der Waals surface area contributed by atoms with Crippen molar-refractivity contribution in [3.8, 4) is 0 Å². The Hall–Kier alpha value is -0.750. The number of carboxylic acid groups (broad SMARTS) is 1. The van der Waals surface area contributed by atoms with Crippen LogP contribution in [0.3, 0.4) is 0 Å². The fourth-order valence-electron chi connectivity index (χ4n) is 2.71. The summed E-state index contributed by atoms with van der Waals surface area (Å²) in [6.07, 6.45) is 2.80. The van der Waals surface area contributed by atoms with Crippen LogP contribution in [0.1, 0.15) is 25.7 Å². The van der Waals surface area contributed by atoms with Crippen LogP contribution in [-0.2, 0) is 9.59 Å². The van der Waals surface area contributed by atoms with Gasteiger partial charge in [-0.05, 0) is 12.8 Å². The zero-order valence-electron chi connectivity index (χ0n) is 10.4. The zero-order valence-corrected chi connectivity index (χ0v) is 11.2. The zero-order chi connectivity index (χ0) is 13.2. The summed E-state index contributed by atoms with van der Waals surface area (Å²) in [5, 5.41) is 8.92. The smallest absolute Gasteiger partial charge is 0.305 e. The van der Waals surface area contributed by atoms with Crippen LogP contribution in [0, 0.1) is 5.41 Å². The van der Waals surface area contributed by atoms with Gasteiger partial charge in [0.2, 0.25) is 5.91 Å². The van der Waals surface area contributed by atoms with Gasteiger partial charge < -0.3 is 15.7 Å². The third-order valence-corrected chi connectivity index (χ3v) is 5.15. The van der Waals surface area contributed by atoms with E-state index < -0.39 is 11.4 Å². The molecule has 1 atom stereocenters. The highest BCUT2D eigenvalue weighted by Crippen LogP contribution is 2.42. The maximum atomic E-state index is 12.6. The quantitative estimate of drug-likeness (QED) is 0.780. The molecule has 2 fully saturated rings. The first-order valence-corrected chi connectivity index (χ1v) is 7.55. The number of aliphatic carboxylic acids is 1. The molecule has 2 aliphatic rings. The number of nitrogens with two attached hydrogens (primary N) is 1. The minimum Gasteiger partial charge on any atom is -0.481 e. The average molecular weight is 272 g/mol. The van der Waals surface area contributed by atoms with Crippen LogP contribution in [0.15, 0.2) is 0 Å². The highest BCUT2D eigenvalue weighted by Gasteiger charge is 2.47. The lowest BCUT2D eigenvalue weighted by Crippen LogP contribution is -2.57. The minimum atomic E-state index is -0.837. The van der Waals surface area contributed by atoms with Crippen molar-refractivity contribution >= 4 is 23.6 Å².